The highest BCUT2D eigenvalue weighted by Gasteiger charge is 2.30. The van der Waals surface area contributed by atoms with Gasteiger partial charge in [0.25, 0.3) is 0 Å². The van der Waals surface area contributed by atoms with E-state index in [1.807, 2.05) is 62.4 Å². The van der Waals surface area contributed by atoms with E-state index in [0.717, 1.165) is 16.7 Å². The molecule has 0 aliphatic rings. The fourth-order valence-corrected chi connectivity index (χ4v) is 4.77. The Hall–Kier alpha value is -2.83. The average Bonchev–Trinajstić information content (AvgIpc) is 2.82. The number of thioether (sulfide) groups is 1. The second-order valence-corrected chi connectivity index (χ2v) is 10.1. The summed E-state index contributed by atoms with van der Waals surface area (Å²) in [6.45, 7) is 4.07. The molecule has 0 heterocycles. The molecule has 0 fully saturated rings. The monoisotopic (exact) mass is 512 g/mol. The first-order chi connectivity index (χ1) is 16.8. The molecule has 0 radical (unpaired) electrons. The highest BCUT2D eigenvalue weighted by Crippen LogP contribution is 2.20. The molecule has 3 aromatic carbocycles. The fraction of sp³-hybridized carbons (Fsp3) is 0.286. The maximum atomic E-state index is 13.5. The lowest BCUT2D eigenvalue weighted by Crippen LogP contribution is -2.52. The van der Waals surface area contributed by atoms with Gasteiger partial charge in [0.1, 0.15) is 11.9 Å². The largest absolute Gasteiger partial charge is 0.352 e. The van der Waals surface area contributed by atoms with Crippen LogP contribution in [0.2, 0.25) is 5.02 Å². The molecule has 2 amide bonds. The van der Waals surface area contributed by atoms with E-state index in [4.69, 9.17) is 11.6 Å². The number of amides is 2. The number of hydrogen-bond donors (Lipinski definition) is 1. The third-order valence-electron chi connectivity index (χ3n) is 5.35. The third-order valence-corrected chi connectivity index (χ3v) is 6.58. The second-order valence-electron chi connectivity index (χ2n) is 8.64. The molecular formula is C28H30ClFN2O2S. The lowest BCUT2D eigenvalue weighted by molar-refractivity contribution is -0.139. The molecule has 1 N–H and O–H groups in total. The van der Waals surface area contributed by atoms with Gasteiger partial charge in [-0.15, -0.1) is 11.8 Å². The van der Waals surface area contributed by atoms with Crippen LogP contribution >= 0.6 is 23.4 Å². The van der Waals surface area contributed by atoms with Crippen LogP contribution in [0.1, 0.15) is 30.5 Å². The molecule has 184 valence electrons. The molecule has 4 nitrogen and oxygen atoms in total. The van der Waals surface area contributed by atoms with Crippen molar-refractivity contribution < 1.29 is 14.0 Å². The summed E-state index contributed by atoms with van der Waals surface area (Å²) in [5.41, 5.74) is 2.76. The van der Waals surface area contributed by atoms with Gasteiger partial charge in [0, 0.05) is 29.8 Å². The van der Waals surface area contributed by atoms with Gasteiger partial charge < -0.3 is 10.2 Å². The molecule has 7 heteroatoms. The van der Waals surface area contributed by atoms with Crippen LogP contribution in [0.4, 0.5) is 4.39 Å². The summed E-state index contributed by atoms with van der Waals surface area (Å²) >= 11 is 7.64. The topological polar surface area (TPSA) is 49.4 Å². The standard InChI is InChI=1S/C28H30ClFN2O2S/c1-20(2)31-28(34)26(16-21-7-4-3-5-8-21)32(17-23-9-6-10-24(29)15-23)27(33)19-35-18-22-11-13-25(30)14-12-22/h3-15,20,26H,16-19H2,1-2H3,(H,31,34). The molecule has 0 aromatic heterocycles. The van der Waals surface area contributed by atoms with Crippen LogP contribution in [0, 0.1) is 5.82 Å². The quantitative estimate of drug-likeness (QED) is 0.349. The summed E-state index contributed by atoms with van der Waals surface area (Å²) in [4.78, 5) is 28.5. The molecule has 0 spiro atoms. The summed E-state index contributed by atoms with van der Waals surface area (Å²) in [7, 11) is 0. The maximum Gasteiger partial charge on any atom is 0.243 e. The van der Waals surface area contributed by atoms with Crippen molar-refractivity contribution in [1.29, 1.82) is 0 Å². The predicted octanol–water partition coefficient (Wildman–Crippen LogP) is 5.88. The van der Waals surface area contributed by atoms with Crippen LogP contribution in [0.3, 0.4) is 0 Å². The first kappa shape index (κ1) is 26.8. The molecule has 0 aliphatic heterocycles. The molecule has 0 saturated carbocycles. The van der Waals surface area contributed by atoms with Crippen molar-refractivity contribution >= 4 is 35.2 Å². The Kier molecular flexibility index (Phi) is 10.2. The Labute approximate surface area is 215 Å². The van der Waals surface area contributed by atoms with Crippen LogP contribution in [0.5, 0.6) is 0 Å². The Morgan fingerprint density at radius 1 is 0.943 bits per heavy atom. The van der Waals surface area contributed by atoms with Crippen molar-refractivity contribution in [3.8, 4) is 0 Å². The molecule has 0 aliphatic carbocycles. The first-order valence-electron chi connectivity index (χ1n) is 11.5. The van der Waals surface area contributed by atoms with Gasteiger partial charge in [0.2, 0.25) is 11.8 Å². The molecule has 0 saturated heterocycles. The van der Waals surface area contributed by atoms with Crippen LogP contribution in [-0.4, -0.2) is 34.6 Å². The van der Waals surface area contributed by atoms with Gasteiger partial charge in [-0.1, -0.05) is 66.2 Å². The molecule has 3 rings (SSSR count). The van der Waals surface area contributed by atoms with Crippen LogP contribution in [-0.2, 0) is 28.3 Å². The number of rotatable bonds is 11. The van der Waals surface area contributed by atoms with Gasteiger partial charge in [0.05, 0.1) is 5.75 Å². The molecule has 1 unspecified atom stereocenters. The smallest absolute Gasteiger partial charge is 0.243 e. The van der Waals surface area contributed by atoms with Crippen molar-refractivity contribution in [2.45, 2.75) is 44.6 Å². The number of carbonyl (C=O) groups is 2. The van der Waals surface area contributed by atoms with Crippen molar-refractivity contribution in [2.75, 3.05) is 5.75 Å². The van der Waals surface area contributed by atoms with Gasteiger partial charge in [0.15, 0.2) is 0 Å². The zero-order valence-electron chi connectivity index (χ0n) is 19.9. The SMILES string of the molecule is CC(C)NC(=O)C(Cc1ccccc1)N(Cc1cccc(Cl)c1)C(=O)CSCc1ccc(F)cc1. The van der Waals surface area contributed by atoms with E-state index in [2.05, 4.69) is 5.32 Å². The molecule has 0 bridgehead atoms. The third kappa shape index (κ3) is 8.71. The Bertz CT molecular complexity index is 1110. The van der Waals surface area contributed by atoms with E-state index in [9.17, 15) is 14.0 Å². The van der Waals surface area contributed by atoms with Gasteiger partial charge in [-0.3, -0.25) is 9.59 Å². The molecule has 35 heavy (non-hydrogen) atoms. The zero-order chi connectivity index (χ0) is 25.2. The van der Waals surface area contributed by atoms with E-state index in [0.29, 0.717) is 17.2 Å². The summed E-state index contributed by atoms with van der Waals surface area (Å²) < 4.78 is 13.2. The van der Waals surface area contributed by atoms with Gasteiger partial charge in [-0.2, -0.15) is 0 Å². The highest BCUT2D eigenvalue weighted by molar-refractivity contribution is 7.99. The van der Waals surface area contributed by atoms with Crippen LogP contribution in [0.15, 0.2) is 78.9 Å². The lowest BCUT2D eigenvalue weighted by atomic mass is 10.0. The number of nitrogens with one attached hydrogen (secondary N) is 1. The Balaban J connectivity index is 1.84. The van der Waals surface area contributed by atoms with Gasteiger partial charge in [-0.25, -0.2) is 4.39 Å². The number of carbonyl (C=O) groups excluding carboxylic acids is 2. The molecular weight excluding hydrogens is 483 g/mol. The average molecular weight is 513 g/mol. The first-order valence-corrected chi connectivity index (χ1v) is 13.1. The lowest BCUT2D eigenvalue weighted by Gasteiger charge is -2.32. The Morgan fingerprint density at radius 2 is 1.63 bits per heavy atom. The normalized spacial score (nSPS) is 11.8. The van der Waals surface area contributed by atoms with Gasteiger partial charge in [-0.05, 0) is 54.8 Å². The van der Waals surface area contributed by atoms with E-state index in [1.165, 1.54) is 23.9 Å². The van der Waals surface area contributed by atoms with Crippen molar-refractivity contribution in [2.24, 2.45) is 0 Å². The number of benzene rings is 3. The number of halogens is 2. The number of hydrogen-bond acceptors (Lipinski definition) is 3. The second kappa shape index (κ2) is 13.3. The highest BCUT2D eigenvalue weighted by atomic mass is 35.5. The Morgan fingerprint density at radius 3 is 2.29 bits per heavy atom. The maximum absolute atomic E-state index is 13.5. The van der Waals surface area contributed by atoms with Crippen molar-refractivity contribution in [1.82, 2.24) is 10.2 Å². The molecule has 1 atom stereocenters. The number of nitrogens with zero attached hydrogens (tertiary/aromatic N) is 1. The van der Waals surface area contributed by atoms with Crippen molar-refractivity contribution in [3.63, 3.8) is 0 Å². The van der Waals surface area contributed by atoms with E-state index in [1.54, 1.807) is 23.1 Å². The fourth-order valence-electron chi connectivity index (χ4n) is 3.69. The van der Waals surface area contributed by atoms with Crippen molar-refractivity contribution in [3.05, 3.63) is 106 Å². The predicted molar refractivity (Wildman–Crippen MR) is 142 cm³/mol. The van der Waals surface area contributed by atoms with Crippen LogP contribution in [0.25, 0.3) is 0 Å². The molecule has 3 aromatic rings. The minimum atomic E-state index is -0.683. The summed E-state index contributed by atoms with van der Waals surface area (Å²) in [6.07, 6.45) is 0.397. The van der Waals surface area contributed by atoms with E-state index < -0.39 is 6.04 Å². The summed E-state index contributed by atoms with van der Waals surface area (Å²) in [5, 5.41) is 3.56. The minimum Gasteiger partial charge on any atom is -0.352 e. The van der Waals surface area contributed by atoms with Crippen LogP contribution < -0.4 is 5.32 Å². The van der Waals surface area contributed by atoms with Gasteiger partial charge >= 0.3 is 0 Å². The zero-order valence-corrected chi connectivity index (χ0v) is 21.5. The summed E-state index contributed by atoms with van der Waals surface area (Å²) in [5.74, 6) is 0.138. The van der Waals surface area contributed by atoms with E-state index >= 15 is 0 Å². The minimum absolute atomic E-state index is 0.0586. The summed E-state index contributed by atoms with van der Waals surface area (Å²) in [6, 6.07) is 22.5. The van der Waals surface area contributed by atoms with E-state index in [-0.39, 0.29) is 36.0 Å².